The smallest absolute Gasteiger partial charge is 0.305 e. The summed E-state index contributed by atoms with van der Waals surface area (Å²) in [6.45, 7) is 2.26. The van der Waals surface area contributed by atoms with Gasteiger partial charge in [-0.15, -0.1) is 10.2 Å². The van der Waals surface area contributed by atoms with Crippen LogP contribution < -0.4 is 5.73 Å². The Balaban J connectivity index is 2.09. The summed E-state index contributed by atoms with van der Waals surface area (Å²) >= 11 is 1.40. The van der Waals surface area contributed by atoms with Crippen LogP contribution >= 0.6 is 11.3 Å². The maximum atomic E-state index is 11.0. The van der Waals surface area contributed by atoms with Gasteiger partial charge in [0, 0.05) is 12.8 Å². The summed E-state index contributed by atoms with van der Waals surface area (Å²) in [5.41, 5.74) is 5.44. The molecular weight excluding hydrogens is 214 g/mol. The molecule has 0 aliphatic heterocycles. The molecule has 5 nitrogen and oxygen atoms in total. The molecule has 15 heavy (non-hydrogen) atoms. The number of rotatable bonds is 6. The Hall–Kier alpha value is -1.17. The number of anilines is 1. The average molecular weight is 229 g/mol. The fraction of sp³-hybridized carbons (Fsp3) is 0.667. The molecular formula is C9H15N3O2S. The zero-order valence-electron chi connectivity index (χ0n) is 8.73. The zero-order chi connectivity index (χ0) is 11.1. The Labute approximate surface area is 92.6 Å². The molecule has 84 valence electrons. The van der Waals surface area contributed by atoms with Gasteiger partial charge < -0.3 is 10.5 Å². The van der Waals surface area contributed by atoms with E-state index in [1.54, 1.807) is 0 Å². The molecule has 0 aromatic carbocycles. The summed E-state index contributed by atoms with van der Waals surface area (Å²) in [6.07, 6.45) is 3.03. The van der Waals surface area contributed by atoms with Crippen molar-refractivity contribution in [3.63, 3.8) is 0 Å². The first-order chi connectivity index (χ1) is 7.22. The fourth-order valence-corrected chi connectivity index (χ4v) is 1.80. The predicted molar refractivity (Wildman–Crippen MR) is 58.5 cm³/mol. The fourth-order valence-electron chi connectivity index (χ4n) is 1.15. The van der Waals surface area contributed by atoms with E-state index in [-0.39, 0.29) is 5.97 Å². The first kappa shape index (κ1) is 11.9. The SMILES string of the molecule is CCOC(=O)CCCCc1nnc(N)s1. The molecule has 1 rings (SSSR count). The molecule has 6 heteroatoms. The van der Waals surface area contributed by atoms with E-state index in [9.17, 15) is 4.79 Å². The van der Waals surface area contributed by atoms with Gasteiger partial charge in [-0.25, -0.2) is 0 Å². The maximum absolute atomic E-state index is 11.0. The van der Waals surface area contributed by atoms with Crippen LogP contribution in [0.2, 0.25) is 0 Å². The Morgan fingerprint density at radius 3 is 2.87 bits per heavy atom. The lowest BCUT2D eigenvalue weighted by Crippen LogP contribution is -2.03. The highest BCUT2D eigenvalue weighted by atomic mass is 32.1. The van der Waals surface area contributed by atoms with Gasteiger partial charge in [0.1, 0.15) is 5.01 Å². The Bertz CT molecular complexity index is 314. The van der Waals surface area contributed by atoms with Crippen LogP contribution in [-0.2, 0) is 16.0 Å². The molecule has 1 heterocycles. The van der Waals surface area contributed by atoms with Gasteiger partial charge in [-0.3, -0.25) is 4.79 Å². The van der Waals surface area contributed by atoms with Crippen LogP contribution in [0.25, 0.3) is 0 Å². The van der Waals surface area contributed by atoms with E-state index in [0.717, 1.165) is 24.3 Å². The number of nitrogens with zero attached hydrogens (tertiary/aromatic N) is 2. The molecule has 0 atom stereocenters. The molecule has 0 bridgehead atoms. The summed E-state index contributed by atoms with van der Waals surface area (Å²) in [5, 5.41) is 9.03. The largest absolute Gasteiger partial charge is 0.466 e. The summed E-state index contributed by atoms with van der Waals surface area (Å²) in [4.78, 5) is 11.0. The Kier molecular flexibility index (Phi) is 5.03. The number of ether oxygens (including phenoxy) is 1. The molecule has 0 radical (unpaired) electrons. The summed E-state index contributed by atoms with van der Waals surface area (Å²) in [7, 11) is 0. The summed E-state index contributed by atoms with van der Waals surface area (Å²) in [5.74, 6) is -0.130. The maximum Gasteiger partial charge on any atom is 0.305 e. The number of aromatic nitrogens is 2. The van der Waals surface area contributed by atoms with E-state index in [4.69, 9.17) is 10.5 Å². The van der Waals surface area contributed by atoms with Crippen LogP contribution in [0.5, 0.6) is 0 Å². The second-order valence-corrected chi connectivity index (χ2v) is 4.14. The van der Waals surface area contributed by atoms with Crippen molar-refractivity contribution in [3.8, 4) is 0 Å². The van der Waals surface area contributed by atoms with Crippen molar-refractivity contribution in [2.24, 2.45) is 0 Å². The highest BCUT2D eigenvalue weighted by Gasteiger charge is 2.03. The highest BCUT2D eigenvalue weighted by molar-refractivity contribution is 7.15. The van der Waals surface area contributed by atoms with E-state index >= 15 is 0 Å². The quantitative estimate of drug-likeness (QED) is 0.589. The number of hydrogen-bond donors (Lipinski definition) is 1. The third-order valence-corrected chi connectivity index (χ3v) is 2.62. The van der Waals surface area contributed by atoms with Gasteiger partial charge >= 0.3 is 5.97 Å². The minimum atomic E-state index is -0.130. The number of nitrogens with two attached hydrogens (primary N) is 1. The van der Waals surface area contributed by atoms with Crippen molar-refractivity contribution in [1.29, 1.82) is 0 Å². The van der Waals surface area contributed by atoms with Crippen LogP contribution in [-0.4, -0.2) is 22.8 Å². The molecule has 0 spiro atoms. The number of esters is 1. The lowest BCUT2D eigenvalue weighted by Gasteiger charge is -2.00. The number of hydrogen-bond acceptors (Lipinski definition) is 6. The van der Waals surface area contributed by atoms with Gasteiger partial charge in [-0.2, -0.15) is 0 Å². The standard InChI is InChI=1S/C9H15N3O2S/c1-2-14-8(13)6-4-3-5-7-11-12-9(10)15-7/h2-6H2,1H3,(H2,10,12). The normalized spacial score (nSPS) is 10.2. The molecule has 1 aromatic rings. The third kappa shape index (κ3) is 4.73. The van der Waals surface area contributed by atoms with Gasteiger partial charge in [0.15, 0.2) is 0 Å². The van der Waals surface area contributed by atoms with Gasteiger partial charge in [0.2, 0.25) is 5.13 Å². The van der Waals surface area contributed by atoms with E-state index in [0.29, 0.717) is 18.2 Å². The van der Waals surface area contributed by atoms with E-state index in [2.05, 4.69) is 10.2 Å². The van der Waals surface area contributed by atoms with Gasteiger partial charge in [0.25, 0.3) is 0 Å². The minimum Gasteiger partial charge on any atom is -0.466 e. The lowest BCUT2D eigenvalue weighted by atomic mass is 10.2. The van der Waals surface area contributed by atoms with Crippen molar-refractivity contribution < 1.29 is 9.53 Å². The van der Waals surface area contributed by atoms with Crippen molar-refractivity contribution in [1.82, 2.24) is 10.2 Å². The molecule has 0 saturated heterocycles. The van der Waals surface area contributed by atoms with Crippen molar-refractivity contribution in [2.75, 3.05) is 12.3 Å². The highest BCUT2D eigenvalue weighted by Crippen LogP contribution is 2.14. The molecule has 0 amide bonds. The second-order valence-electron chi connectivity index (χ2n) is 3.05. The molecule has 0 aliphatic carbocycles. The molecule has 1 aromatic heterocycles. The summed E-state index contributed by atoms with van der Waals surface area (Å²) < 4.78 is 4.81. The first-order valence-corrected chi connectivity index (χ1v) is 5.77. The lowest BCUT2D eigenvalue weighted by molar-refractivity contribution is -0.143. The van der Waals surface area contributed by atoms with E-state index < -0.39 is 0 Å². The second kappa shape index (κ2) is 6.34. The van der Waals surface area contributed by atoms with Crippen molar-refractivity contribution >= 4 is 22.4 Å². The van der Waals surface area contributed by atoms with E-state index in [1.165, 1.54) is 11.3 Å². The van der Waals surface area contributed by atoms with Crippen LogP contribution in [0, 0.1) is 0 Å². The number of unbranched alkanes of at least 4 members (excludes halogenated alkanes) is 1. The molecule has 0 saturated carbocycles. The Morgan fingerprint density at radius 1 is 1.47 bits per heavy atom. The van der Waals surface area contributed by atoms with Crippen molar-refractivity contribution in [3.05, 3.63) is 5.01 Å². The van der Waals surface area contributed by atoms with Crippen molar-refractivity contribution in [2.45, 2.75) is 32.6 Å². The van der Waals surface area contributed by atoms with Gasteiger partial charge in [-0.05, 0) is 19.8 Å². The monoisotopic (exact) mass is 229 g/mol. The third-order valence-electron chi connectivity index (χ3n) is 1.81. The number of carbonyl (C=O) groups excluding carboxylic acids is 1. The zero-order valence-corrected chi connectivity index (χ0v) is 9.55. The topological polar surface area (TPSA) is 78.1 Å². The number of nitrogen functional groups attached to an aromatic ring is 1. The Morgan fingerprint density at radius 2 is 2.27 bits per heavy atom. The molecule has 0 aliphatic rings. The van der Waals surface area contributed by atoms with Gasteiger partial charge in [0.05, 0.1) is 6.61 Å². The first-order valence-electron chi connectivity index (χ1n) is 4.96. The summed E-state index contributed by atoms with van der Waals surface area (Å²) in [6, 6.07) is 0. The van der Waals surface area contributed by atoms with Crippen LogP contribution in [0.15, 0.2) is 0 Å². The average Bonchev–Trinajstić information content (AvgIpc) is 2.60. The molecule has 0 fully saturated rings. The molecule has 0 unspecified atom stereocenters. The minimum absolute atomic E-state index is 0.130. The molecule has 2 N–H and O–H groups in total. The number of carbonyl (C=O) groups is 1. The number of aryl methyl sites for hydroxylation is 1. The predicted octanol–water partition coefficient (Wildman–Crippen LogP) is 1.40. The van der Waals surface area contributed by atoms with Crippen LogP contribution in [0.1, 0.15) is 31.2 Å². The van der Waals surface area contributed by atoms with Crippen LogP contribution in [0.4, 0.5) is 5.13 Å². The van der Waals surface area contributed by atoms with Gasteiger partial charge in [-0.1, -0.05) is 11.3 Å². The van der Waals surface area contributed by atoms with Crippen LogP contribution in [0.3, 0.4) is 0 Å². The van der Waals surface area contributed by atoms with E-state index in [1.807, 2.05) is 6.92 Å².